The number of phenols is 1. The molecule has 1 aromatic rings. The van der Waals surface area contributed by atoms with Crippen LogP contribution in [0.1, 0.15) is 52.1 Å². The summed E-state index contributed by atoms with van der Waals surface area (Å²) in [4.78, 5) is 14.4. The third kappa shape index (κ3) is 2.89. The smallest absolute Gasteiger partial charge is 0.318 e. The highest BCUT2D eigenvalue weighted by Gasteiger charge is 2.40. The molecule has 0 aliphatic carbocycles. The molecule has 4 nitrogen and oxygen atoms in total. The number of urea groups is 1. The van der Waals surface area contributed by atoms with Gasteiger partial charge in [0.1, 0.15) is 5.75 Å². The lowest BCUT2D eigenvalue weighted by molar-refractivity contribution is 0.142. The van der Waals surface area contributed by atoms with E-state index in [4.69, 9.17) is 0 Å². The number of likely N-dealkylation sites (tertiary alicyclic amines) is 1. The van der Waals surface area contributed by atoms with Gasteiger partial charge in [-0.2, -0.15) is 0 Å². The van der Waals surface area contributed by atoms with Crippen molar-refractivity contribution in [2.24, 2.45) is 0 Å². The zero-order chi connectivity index (χ0) is 14.9. The van der Waals surface area contributed by atoms with Crippen LogP contribution in [0.25, 0.3) is 0 Å². The molecule has 0 spiro atoms. The molecule has 2 amide bonds. The Hall–Kier alpha value is -1.71. The van der Waals surface area contributed by atoms with Crippen LogP contribution in [0.15, 0.2) is 24.3 Å². The highest BCUT2D eigenvalue weighted by atomic mass is 16.3. The molecule has 2 N–H and O–H groups in total. The second kappa shape index (κ2) is 5.35. The molecule has 1 unspecified atom stereocenters. The first-order valence-corrected chi connectivity index (χ1v) is 7.20. The van der Waals surface area contributed by atoms with E-state index in [2.05, 4.69) is 26.1 Å². The van der Waals surface area contributed by atoms with Gasteiger partial charge in [0.05, 0.1) is 6.04 Å². The largest absolute Gasteiger partial charge is 0.508 e. The molecule has 1 saturated heterocycles. The summed E-state index contributed by atoms with van der Waals surface area (Å²) in [5, 5.41) is 12.5. The van der Waals surface area contributed by atoms with Gasteiger partial charge in [-0.15, -0.1) is 0 Å². The van der Waals surface area contributed by atoms with E-state index in [9.17, 15) is 9.90 Å². The average Bonchev–Trinajstić information content (AvgIpc) is 2.63. The van der Waals surface area contributed by atoms with Crippen molar-refractivity contribution in [2.75, 3.05) is 0 Å². The van der Waals surface area contributed by atoms with Crippen molar-refractivity contribution in [2.45, 2.75) is 58.2 Å². The van der Waals surface area contributed by atoms with E-state index in [0.29, 0.717) is 0 Å². The molecule has 0 radical (unpaired) electrons. The zero-order valence-corrected chi connectivity index (χ0v) is 12.7. The van der Waals surface area contributed by atoms with Crippen LogP contribution < -0.4 is 5.32 Å². The normalized spacial score (nSPS) is 22.6. The lowest BCUT2D eigenvalue weighted by atomic mass is 10.0. The quantitative estimate of drug-likeness (QED) is 0.869. The number of carbonyl (C=O) groups excluding carboxylic acids is 1. The summed E-state index contributed by atoms with van der Waals surface area (Å²) >= 11 is 0. The first-order chi connectivity index (χ1) is 9.31. The van der Waals surface area contributed by atoms with Crippen LogP contribution in [0, 0.1) is 0 Å². The molecule has 2 rings (SSSR count). The van der Waals surface area contributed by atoms with E-state index in [0.717, 1.165) is 18.4 Å². The molecule has 1 heterocycles. The Bertz CT molecular complexity index is 499. The lowest BCUT2D eigenvalue weighted by Crippen LogP contribution is -2.51. The van der Waals surface area contributed by atoms with Gasteiger partial charge >= 0.3 is 6.03 Å². The maximum Gasteiger partial charge on any atom is 0.318 e. The van der Waals surface area contributed by atoms with Crippen molar-refractivity contribution >= 4 is 6.03 Å². The van der Waals surface area contributed by atoms with Crippen molar-refractivity contribution in [1.82, 2.24) is 10.2 Å². The molecule has 1 aliphatic heterocycles. The number of aromatic hydroxyl groups is 1. The van der Waals surface area contributed by atoms with Crippen LogP contribution in [0.2, 0.25) is 0 Å². The van der Waals surface area contributed by atoms with E-state index < -0.39 is 0 Å². The van der Waals surface area contributed by atoms with Crippen LogP contribution in [0.5, 0.6) is 5.75 Å². The third-order valence-electron chi connectivity index (χ3n) is 4.20. The van der Waals surface area contributed by atoms with Crippen molar-refractivity contribution in [3.63, 3.8) is 0 Å². The van der Waals surface area contributed by atoms with Gasteiger partial charge in [0.15, 0.2) is 0 Å². The second-order valence-corrected chi connectivity index (χ2v) is 6.34. The lowest BCUT2D eigenvalue weighted by Gasteiger charge is -2.35. The van der Waals surface area contributed by atoms with E-state index in [1.165, 1.54) is 0 Å². The molecule has 0 bridgehead atoms. The van der Waals surface area contributed by atoms with Gasteiger partial charge in [-0.3, -0.25) is 0 Å². The van der Waals surface area contributed by atoms with E-state index in [-0.39, 0.29) is 29.4 Å². The fourth-order valence-corrected chi connectivity index (χ4v) is 3.02. The van der Waals surface area contributed by atoms with Crippen LogP contribution in [-0.2, 0) is 0 Å². The number of carbonyl (C=O) groups is 1. The van der Waals surface area contributed by atoms with Gasteiger partial charge in [-0.05, 0) is 58.2 Å². The van der Waals surface area contributed by atoms with Gasteiger partial charge in [-0.25, -0.2) is 4.79 Å². The molecule has 0 aromatic heterocycles. The molecule has 110 valence electrons. The summed E-state index contributed by atoms with van der Waals surface area (Å²) in [5.41, 5.74) is 0.810. The summed E-state index contributed by atoms with van der Waals surface area (Å²) in [6.07, 6.45) is 2.07. The third-order valence-corrected chi connectivity index (χ3v) is 4.20. The van der Waals surface area contributed by atoms with E-state index in [1.807, 2.05) is 17.9 Å². The average molecular weight is 276 g/mol. The molecular weight excluding hydrogens is 252 g/mol. The minimum Gasteiger partial charge on any atom is -0.508 e. The monoisotopic (exact) mass is 276 g/mol. The van der Waals surface area contributed by atoms with Crippen LogP contribution in [0.4, 0.5) is 4.79 Å². The van der Waals surface area contributed by atoms with Crippen molar-refractivity contribution in [3.8, 4) is 5.75 Å². The Morgan fingerprint density at radius 1 is 1.50 bits per heavy atom. The fourth-order valence-electron chi connectivity index (χ4n) is 3.02. The summed E-state index contributed by atoms with van der Waals surface area (Å²) in [6, 6.07) is 7.11. The SMILES string of the molecule is CC1CCC(C)(C)N1C(=O)N[C@H](C)c1cccc(O)c1. The molecule has 20 heavy (non-hydrogen) atoms. The first-order valence-electron chi connectivity index (χ1n) is 7.20. The van der Waals surface area contributed by atoms with E-state index in [1.54, 1.807) is 18.2 Å². The van der Waals surface area contributed by atoms with Gasteiger partial charge < -0.3 is 15.3 Å². The highest BCUT2D eigenvalue weighted by Crippen LogP contribution is 2.33. The molecule has 4 heteroatoms. The van der Waals surface area contributed by atoms with Crippen LogP contribution in [0.3, 0.4) is 0 Å². The predicted octanol–water partition coefficient (Wildman–Crippen LogP) is 3.43. The summed E-state index contributed by atoms with van der Waals surface area (Å²) in [7, 11) is 0. The number of benzene rings is 1. The minimum atomic E-state index is -0.127. The molecule has 1 aliphatic rings. The van der Waals surface area contributed by atoms with Crippen molar-refractivity contribution in [3.05, 3.63) is 29.8 Å². The van der Waals surface area contributed by atoms with Crippen LogP contribution in [-0.4, -0.2) is 27.6 Å². The number of hydrogen-bond acceptors (Lipinski definition) is 2. The van der Waals surface area contributed by atoms with Gasteiger partial charge in [0, 0.05) is 11.6 Å². The Kier molecular flexibility index (Phi) is 3.93. The molecule has 0 saturated carbocycles. The molecule has 1 fully saturated rings. The molecular formula is C16H24N2O2. The maximum absolute atomic E-state index is 12.5. The standard InChI is InChI=1S/C16H24N2O2/c1-11-8-9-16(3,4)18(11)15(20)17-12(2)13-6-5-7-14(19)10-13/h5-7,10-12,19H,8-9H2,1-4H3,(H,17,20)/t11?,12-/m1/s1. The molecule has 1 aromatic carbocycles. The Labute approximate surface area is 120 Å². The van der Waals surface area contributed by atoms with E-state index >= 15 is 0 Å². The molecule has 2 atom stereocenters. The Morgan fingerprint density at radius 3 is 2.75 bits per heavy atom. The summed E-state index contributed by atoms with van der Waals surface area (Å²) < 4.78 is 0. The van der Waals surface area contributed by atoms with Crippen molar-refractivity contribution < 1.29 is 9.90 Å². The summed E-state index contributed by atoms with van der Waals surface area (Å²) in [5.74, 6) is 0.221. The maximum atomic E-state index is 12.5. The van der Waals surface area contributed by atoms with Gasteiger partial charge in [0.2, 0.25) is 0 Å². The number of phenolic OH excluding ortho intramolecular Hbond substituents is 1. The number of nitrogens with zero attached hydrogens (tertiary/aromatic N) is 1. The topological polar surface area (TPSA) is 52.6 Å². The van der Waals surface area contributed by atoms with Crippen LogP contribution >= 0.6 is 0 Å². The van der Waals surface area contributed by atoms with Gasteiger partial charge in [0.25, 0.3) is 0 Å². The number of nitrogens with one attached hydrogen (secondary N) is 1. The number of amides is 2. The predicted molar refractivity (Wildman–Crippen MR) is 79.7 cm³/mol. The number of rotatable bonds is 2. The first kappa shape index (κ1) is 14.7. The number of hydrogen-bond donors (Lipinski definition) is 2. The van der Waals surface area contributed by atoms with Crippen molar-refractivity contribution in [1.29, 1.82) is 0 Å². The minimum absolute atomic E-state index is 0.0316. The fraction of sp³-hybridized carbons (Fsp3) is 0.562. The zero-order valence-electron chi connectivity index (χ0n) is 12.7. The second-order valence-electron chi connectivity index (χ2n) is 6.34. The Balaban J connectivity index is 2.08. The Morgan fingerprint density at radius 2 is 2.20 bits per heavy atom. The van der Waals surface area contributed by atoms with Gasteiger partial charge in [-0.1, -0.05) is 12.1 Å². The highest BCUT2D eigenvalue weighted by molar-refractivity contribution is 5.76. The summed E-state index contributed by atoms with van der Waals surface area (Å²) in [6.45, 7) is 8.23.